The van der Waals surface area contributed by atoms with Crippen LogP contribution in [0.3, 0.4) is 0 Å². The van der Waals surface area contributed by atoms with Crippen molar-refractivity contribution in [3.63, 3.8) is 0 Å². The predicted molar refractivity (Wildman–Crippen MR) is 87.6 cm³/mol. The largest absolute Gasteiger partial charge is 0.469 e. The monoisotopic (exact) mass is 291 g/mol. The van der Waals surface area contributed by atoms with Gasteiger partial charge in [-0.05, 0) is 44.2 Å². The van der Waals surface area contributed by atoms with Crippen LogP contribution < -0.4 is 5.32 Å². The molecule has 0 radical (unpaired) electrons. The minimum Gasteiger partial charge on any atom is -0.469 e. The maximum Gasteiger partial charge on any atom is 0.194 e. The molecule has 2 unspecified atom stereocenters. The van der Waals surface area contributed by atoms with Crippen molar-refractivity contribution in [2.24, 2.45) is 10.9 Å². The zero-order valence-corrected chi connectivity index (χ0v) is 13.6. The van der Waals surface area contributed by atoms with E-state index in [1.165, 1.54) is 12.8 Å². The van der Waals surface area contributed by atoms with Gasteiger partial charge in [-0.3, -0.25) is 4.99 Å². The van der Waals surface area contributed by atoms with Crippen molar-refractivity contribution in [1.29, 1.82) is 0 Å². The van der Waals surface area contributed by atoms with Crippen LogP contribution >= 0.6 is 0 Å². The van der Waals surface area contributed by atoms with Gasteiger partial charge in [-0.15, -0.1) is 0 Å². The normalized spacial score (nSPS) is 21.4. The second-order valence-electron chi connectivity index (χ2n) is 6.18. The third kappa shape index (κ3) is 5.10. The Labute approximate surface area is 128 Å². The average Bonchev–Trinajstić information content (AvgIpc) is 2.99. The lowest BCUT2D eigenvalue weighted by Gasteiger charge is -2.34. The molecule has 4 nitrogen and oxygen atoms in total. The Kier molecular flexibility index (Phi) is 6.15. The Bertz CT molecular complexity index is 427. The SMILES string of the molecule is CCC(C)NC(=NCCc1ccco1)N1CCCC(C)C1. The number of hydrogen-bond acceptors (Lipinski definition) is 2. The van der Waals surface area contributed by atoms with Gasteiger partial charge in [0.1, 0.15) is 5.76 Å². The molecule has 1 aliphatic rings. The summed E-state index contributed by atoms with van der Waals surface area (Å²) >= 11 is 0. The molecular weight excluding hydrogens is 262 g/mol. The lowest BCUT2D eigenvalue weighted by molar-refractivity contribution is 0.263. The highest BCUT2D eigenvalue weighted by Crippen LogP contribution is 2.15. The summed E-state index contributed by atoms with van der Waals surface area (Å²) in [6.45, 7) is 9.76. The topological polar surface area (TPSA) is 40.8 Å². The van der Waals surface area contributed by atoms with E-state index < -0.39 is 0 Å². The van der Waals surface area contributed by atoms with Crippen molar-refractivity contribution in [1.82, 2.24) is 10.2 Å². The number of rotatable bonds is 5. The zero-order chi connectivity index (χ0) is 15.1. The first-order valence-corrected chi connectivity index (χ1v) is 8.27. The second-order valence-corrected chi connectivity index (χ2v) is 6.18. The van der Waals surface area contributed by atoms with E-state index in [9.17, 15) is 0 Å². The van der Waals surface area contributed by atoms with E-state index in [1.54, 1.807) is 6.26 Å². The molecule has 1 fully saturated rings. The average molecular weight is 291 g/mol. The molecule has 0 aromatic carbocycles. The molecule has 1 aromatic rings. The molecule has 1 saturated heterocycles. The summed E-state index contributed by atoms with van der Waals surface area (Å²) in [6, 6.07) is 4.41. The molecule has 2 rings (SSSR count). The van der Waals surface area contributed by atoms with Gasteiger partial charge in [0.25, 0.3) is 0 Å². The Balaban J connectivity index is 1.96. The molecule has 21 heavy (non-hydrogen) atoms. The van der Waals surface area contributed by atoms with Gasteiger partial charge in [0.15, 0.2) is 5.96 Å². The van der Waals surface area contributed by atoms with Crippen LogP contribution in [0.25, 0.3) is 0 Å². The lowest BCUT2D eigenvalue weighted by atomic mass is 10.0. The zero-order valence-electron chi connectivity index (χ0n) is 13.6. The first-order chi connectivity index (χ1) is 10.2. The number of hydrogen-bond donors (Lipinski definition) is 1. The Morgan fingerprint density at radius 2 is 2.43 bits per heavy atom. The van der Waals surface area contributed by atoms with Crippen molar-refractivity contribution in [3.05, 3.63) is 24.2 Å². The smallest absolute Gasteiger partial charge is 0.194 e. The van der Waals surface area contributed by atoms with E-state index in [0.29, 0.717) is 6.04 Å². The van der Waals surface area contributed by atoms with Crippen LogP contribution in [-0.2, 0) is 6.42 Å². The van der Waals surface area contributed by atoms with E-state index >= 15 is 0 Å². The van der Waals surface area contributed by atoms with Crippen LogP contribution in [0.2, 0.25) is 0 Å². The first-order valence-electron chi connectivity index (χ1n) is 8.27. The van der Waals surface area contributed by atoms with Crippen molar-refractivity contribution >= 4 is 5.96 Å². The highest BCUT2D eigenvalue weighted by molar-refractivity contribution is 5.80. The maximum absolute atomic E-state index is 5.38. The standard InChI is InChI=1S/C17H29N3O/c1-4-15(3)19-17(20-11-5-7-14(2)13-20)18-10-9-16-8-6-12-21-16/h6,8,12,14-15H,4-5,7,9-11,13H2,1-3H3,(H,18,19). The van der Waals surface area contributed by atoms with E-state index in [4.69, 9.17) is 9.41 Å². The fourth-order valence-electron chi connectivity index (χ4n) is 2.67. The quantitative estimate of drug-likeness (QED) is 0.668. The Hall–Kier alpha value is -1.45. The number of piperidine rings is 1. The van der Waals surface area contributed by atoms with Crippen molar-refractivity contribution in [2.75, 3.05) is 19.6 Å². The number of nitrogens with one attached hydrogen (secondary N) is 1. The Morgan fingerprint density at radius 3 is 3.10 bits per heavy atom. The molecule has 118 valence electrons. The molecule has 0 amide bonds. The van der Waals surface area contributed by atoms with Crippen LogP contribution in [0.1, 0.15) is 45.8 Å². The summed E-state index contributed by atoms with van der Waals surface area (Å²) in [6.07, 6.45) is 6.30. The maximum atomic E-state index is 5.38. The fraction of sp³-hybridized carbons (Fsp3) is 0.706. The summed E-state index contributed by atoms with van der Waals surface area (Å²) in [4.78, 5) is 7.24. The van der Waals surface area contributed by atoms with Crippen molar-refractivity contribution in [2.45, 2.75) is 52.5 Å². The highest BCUT2D eigenvalue weighted by Gasteiger charge is 2.20. The molecule has 0 bridgehead atoms. The predicted octanol–water partition coefficient (Wildman–Crippen LogP) is 3.30. The van der Waals surface area contributed by atoms with E-state index in [1.807, 2.05) is 12.1 Å². The number of furan rings is 1. The Morgan fingerprint density at radius 1 is 1.57 bits per heavy atom. The van der Waals surface area contributed by atoms with Crippen molar-refractivity contribution < 1.29 is 4.42 Å². The number of guanidine groups is 1. The number of likely N-dealkylation sites (tertiary alicyclic amines) is 1. The van der Waals surface area contributed by atoms with Crippen LogP contribution in [-0.4, -0.2) is 36.5 Å². The summed E-state index contributed by atoms with van der Waals surface area (Å²) in [7, 11) is 0. The molecule has 4 heteroatoms. The summed E-state index contributed by atoms with van der Waals surface area (Å²) < 4.78 is 5.38. The summed E-state index contributed by atoms with van der Waals surface area (Å²) in [5, 5.41) is 3.58. The van der Waals surface area contributed by atoms with Crippen LogP contribution in [0.5, 0.6) is 0 Å². The molecule has 0 spiro atoms. The molecule has 0 saturated carbocycles. The molecule has 2 atom stereocenters. The third-order valence-electron chi connectivity index (χ3n) is 4.14. The van der Waals surface area contributed by atoms with Gasteiger partial charge in [0.2, 0.25) is 0 Å². The van der Waals surface area contributed by atoms with E-state index in [0.717, 1.165) is 50.1 Å². The van der Waals surface area contributed by atoms with E-state index in [2.05, 4.69) is 31.0 Å². The number of aliphatic imine (C=N–C) groups is 1. The lowest BCUT2D eigenvalue weighted by Crippen LogP contribution is -2.48. The fourth-order valence-corrected chi connectivity index (χ4v) is 2.67. The first kappa shape index (κ1) is 15.9. The molecule has 0 aliphatic carbocycles. The summed E-state index contributed by atoms with van der Waals surface area (Å²) in [5.41, 5.74) is 0. The molecule has 2 heterocycles. The van der Waals surface area contributed by atoms with Crippen LogP contribution in [0.4, 0.5) is 0 Å². The minimum absolute atomic E-state index is 0.463. The van der Waals surface area contributed by atoms with Crippen molar-refractivity contribution in [3.8, 4) is 0 Å². The summed E-state index contributed by atoms with van der Waals surface area (Å²) in [5.74, 6) is 2.84. The van der Waals surface area contributed by atoms with E-state index in [-0.39, 0.29) is 0 Å². The number of nitrogens with zero attached hydrogens (tertiary/aromatic N) is 2. The molecule has 1 aliphatic heterocycles. The van der Waals surface area contributed by atoms with Gasteiger partial charge in [0.05, 0.1) is 6.26 Å². The molecule has 1 aromatic heterocycles. The van der Waals surface area contributed by atoms with Gasteiger partial charge in [-0.1, -0.05) is 13.8 Å². The van der Waals surface area contributed by atoms with Gasteiger partial charge < -0.3 is 14.6 Å². The minimum atomic E-state index is 0.463. The van der Waals surface area contributed by atoms with Gasteiger partial charge in [-0.25, -0.2) is 0 Å². The third-order valence-corrected chi connectivity index (χ3v) is 4.14. The van der Waals surface area contributed by atoms with Gasteiger partial charge in [0, 0.05) is 32.1 Å². The van der Waals surface area contributed by atoms with Crippen LogP contribution in [0, 0.1) is 5.92 Å². The van der Waals surface area contributed by atoms with Gasteiger partial charge >= 0.3 is 0 Å². The second kappa shape index (κ2) is 8.11. The van der Waals surface area contributed by atoms with Crippen LogP contribution in [0.15, 0.2) is 27.8 Å². The highest BCUT2D eigenvalue weighted by atomic mass is 16.3. The molecule has 1 N–H and O–H groups in total. The van der Waals surface area contributed by atoms with Gasteiger partial charge in [-0.2, -0.15) is 0 Å². The molecular formula is C17H29N3O.